The number of aromatic nitrogens is 2. The molecule has 0 unspecified atom stereocenters. The van der Waals surface area contributed by atoms with Crippen molar-refractivity contribution >= 4 is 50.7 Å². The molecule has 1 fully saturated rings. The number of carbonyl (C=O) groups is 1. The molecule has 1 N–H and O–H groups in total. The van der Waals surface area contributed by atoms with Gasteiger partial charge in [0.05, 0.1) is 5.25 Å². The van der Waals surface area contributed by atoms with Gasteiger partial charge < -0.3 is 14.8 Å². The maximum Gasteiger partial charge on any atom is 0.250 e. The molecule has 4 heterocycles. The van der Waals surface area contributed by atoms with E-state index in [1.54, 1.807) is 12.3 Å². The van der Waals surface area contributed by atoms with Gasteiger partial charge in [-0.3, -0.25) is 9.59 Å². The number of nitrogens with zero attached hydrogens (tertiary/aromatic N) is 3. The molecule has 2 bridgehead atoms. The van der Waals surface area contributed by atoms with Crippen molar-refractivity contribution in [3.8, 4) is 0 Å². The summed E-state index contributed by atoms with van der Waals surface area (Å²) in [4.78, 5) is 30.8. The minimum absolute atomic E-state index is 0.0834. The lowest BCUT2D eigenvalue weighted by atomic mass is 9.83. The van der Waals surface area contributed by atoms with E-state index >= 15 is 0 Å². The van der Waals surface area contributed by atoms with Gasteiger partial charge in [0.15, 0.2) is 5.13 Å². The molecule has 9 heteroatoms. The zero-order valence-corrected chi connectivity index (χ0v) is 17.3. The van der Waals surface area contributed by atoms with E-state index in [4.69, 9.17) is 12.2 Å². The van der Waals surface area contributed by atoms with Crippen molar-refractivity contribution < 1.29 is 4.79 Å². The van der Waals surface area contributed by atoms with Gasteiger partial charge in [-0.1, -0.05) is 30.0 Å². The Bertz CT molecular complexity index is 912. The van der Waals surface area contributed by atoms with E-state index in [0.29, 0.717) is 17.0 Å². The number of carbonyl (C=O) groups excluding carboxylic acids is 1. The number of rotatable bonds is 3. The monoisotopic (exact) mass is 420 g/mol. The molecule has 0 spiro atoms. The molecule has 3 atom stereocenters. The molecule has 2 aliphatic heterocycles. The van der Waals surface area contributed by atoms with Crippen LogP contribution in [0.15, 0.2) is 34.6 Å². The Labute approximate surface area is 171 Å². The Morgan fingerprint density at radius 3 is 3.04 bits per heavy atom. The van der Waals surface area contributed by atoms with Crippen LogP contribution < -0.4 is 10.9 Å². The van der Waals surface area contributed by atoms with E-state index < -0.39 is 0 Å². The highest BCUT2D eigenvalue weighted by Crippen LogP contribution is 2.36. The molecular weight excluding hydrogens is 400 g/mol. The predicted octanol–water partition coefficient (Wildman–Crippen LogP) is 2.77. The first-order valence-electron chi connectivity index (χ1n) is 8.87. The van der Waals surface area contributed by atoms with E-state index in [2.05, 4.69) is 15.2 Å². The lowest BCUT2D eigenvalue weighted by molar-refractivity contribution is -0.115. The average molecular weight is 421 g/mol. The number of fused-ring (bicyclic) bond motifs is 4. The Morgan fingerprint density at radius 2 is 2.26 bits per heavy atom. The highest BCUT2D eigenvalue weighted by molar-refractivity contribution is 8.23. The molecule has 6 nitrogen and oxygen atoms in total. The zero-order chi connectivity index (χ0) is 19.0. The zero-order valence-electron chi connectivity index (χ0n) is 14.8. The number of piperidine rings is 1. The van der Waals surface area contributed by atoms with Gasteiger partial charge in [0.1, 0.15) is 4.32 Å². The summed E-state index contributed by atoms with van der Waals surface area (Å²) in [5, 5.41) is 4.96. The van der Waals surface area contributed by atoms with Gasteiger partial charge in [0.2, 0.25) is 5.91 Å². The molecule has 1 amide bonds. The number of likely N-dealkylation sites (tertiary alicyclic amines) is 1. The van der Waals surface area contributed by atoms with Crippen molar-refractivity contribution in [3.63, 3.8) is 0 Å². The fourth-order valence-electron chi connectivity index (χ4n) is 3.82. The van der Waals surface area contributed by atoms with E-state index in [1.807, 2.05) is 29.0 Å². The lowest BCUT2D eigenvalue weighted by Crippen LogP contribution is -2.48. The topological polar surface area (TPSA) is 67.2 Å². The number of thiocarbonyl (C=S) groups is 1. The first-order chi connectivity index (χ1) is 13.0. The SMILES string of the molecule is C[C@@H](SC(=S)N1C[C@@H]2C[C@@H](C1)c1cccc(=O)n1C2)C(=O)Nc1nccs1. The van der Waals surface area contributed by atoms with Gasteiger partial charge in [0, 0.05) is 48.9 Å². The first kappa shape index (κ1) is 18.6. The van der Waals surface area contributed by atoms with Gasteiger partial charge >= 0.3 is 0 Å². The van der Waals surface area contributed by atoms with Crippen LogP contribution in [0, 0.1) is 5.92 Å². The second-order valence-corrected chi connectivity index (χ2v) is 9.82. The molecule has 2 aromatic rings. The molecule has 0 saturated carbocycles. The number of thioether (sulfide) groups is 1. The number of thiazole rings is 1. The molecule has 1 saturated heterocycles. The largest absolute Gasteiger partial charge is 0.356 e. The minimum Gasteiger partial charge on any atom is -0.356 e. The van der Waals surface area contributed by atoms with Crippen LogP contribution in [-0.2, 0) is 11.3 Å². The number of nitrogens with one attached hydrogen (secondary N) is 1. The van der Waals surface area contributed by atoms with Gasteiger partial charge in [-0.15, -0.1) is 11.3 Å². The van der Waals surface area contributed by atoms with Crippen molar-refractivity contribution in [3.05, 3.63) is 45.8 Å². The van der Waals surface area contributed by atoms with Crippen LogP contribution in [0.4, 0.5) is 5.13 Å². The molecule has 0 aliphatic carbocycles. The molecule has 142 valence electrons. The summed E-state index contributed by atoms with van der Waals surface area (Å²) in [6.07, 6.45) is 2.76. The van der Waals surface area contributed by atoms with E-state index in [0.717, 1.165) is 36.1 Å². The van der Waals surface area contributed by atoms with E-state index in [1.165, 1.54) is 23.1 Å². The minimum atomic E-state index is -0.293. The molecule has 0 aromatic carbocycles. The van der Waals surface area contributed by atoms with Gasteiger partial charge in [0.25, 0.3) is 5.56 Å². The molecule has 4 rings (SSSR count). The fourth-order valence-corrected chi connectivity index (χ4v) is 5.70. The van der Waals surface area contributed by atoms with E-state index in [9.17, 15) is 9.59 Å². The maximum atomic E-state index is 12.3. The van der Waals surface area contributed by atoms with Gasteiger partial charge in [-0.25, -0.2) is 4.98 Å². The van der Waals surface area contributed by atoms with Crippen molar-refractivity contribution in [1.29, 1.82) is 0 Å². The second-order valence-electron chi connectivity index (χ2n) is 6.96. The summed E-state index contributed by atoms with van der Waals surface area (Å²) in [7, 11) is 0. The molecule has 0 radical (unpaired) electrons. The van der Waals surface area contributed by atoms with Crippen LogP contribution in [0.2, 0.25) is 0 Å². The quantitative estimate of drug-likeness (QED) is 0.771. The lowest BCUT2D eigenvalue weighted by Gasteiger charge is -2.43. The summed E-state index contributed by atoms with van der Waals surface area (Å²) < 4.78 is 2.66. The smallest absolute Gasteiger partial charge is 0.250 e. The normalized spacial score (nSPS) is 22.0. The van der Waals surface area contributed by atoms with Crippen LogP contribution in [0.1, 0.15) is 25.0 Å². The van der Waals surface area contributed by atoms with Crippen molar-refractivity contribution in [2.24, 2.45) is 5.92 Å². The van der Waals surface area contributed by atoms with Crippen molar-refractivity contribution in [2.75, 3.05) is 18.4 Å². The highest BCUT2D eigenvalue weighted by Gasteiger charge is 2.35. The van der Waals surface area contributed by atoms with Crippen molar-refractivity contribution in [2.45, 2.75) is 31.1 Å². The summed E-state index contributed by atoms with van der Waals surface area (Å²) in [6.45, 7) is 4.24. The summed E-state index contributed by atoms with van der Waals surface area (Å²) in [6, 6.07) is 5.52. The Balaban J connectivity index is 1.40. The number of amides is 1. The summed E-state index contributed by atoms with van der Waals surface area (Å²) >= 11 is 8.46. The predicted molar refractivity (Wildman–Crippen MR) is 114 cm³/mol. The third-order valence-corrected chi connectivity index (χ3v) is 7.31. The molecular formula is C18H20N4O2S3. The summed E-state index contributed by atoms with van der Waals surface area (Å²) in [5.74, 6) is 0.630. The third-order valence-electron chi connectivity index (χ3n) is 5.05. The standard InChI is InChI=1S/C18H20N4O2S3/c1-11(16(24)20-17-19-5-6-26-17)27-18(25)21-8-12-7-13(10-21)14-3-2-4-15(23)22(14)9-12/h2-6,11-13H,7-10H2,1H3,(H,19,20,24)/t11-,12+,13+/m1/s1. The van der Waals surface area contributed by atoms with Gasteiger partial charge in [-0.05, 0) is 25.3 Å². The Hall–Kier alpha value is -1.71. The van der Waals surface area contributed by atoms with Crippen LogP contribution in [0.5, 0.6) is 0 Å². The number of hydrogen-bond donors (Lipinski definition) is 1. The first-order valence-corrected chi connectivity index (χ1v) is 11.0. The van der Waals surface area contributed by atoms with Gasteiger partial charge in [-0.2, -0.15) is 0 Å². The molecule has 2 aliphatic rings. The van der Waals surface area contributed by atoms with Crippen LogP contribution in [0.25, 0.3) is 0 Å². The third kappa shape index (κ3) is 3.95. The Kier molecular flexibility index (Phi) is 5.34. The van der Waals surface area contributed by atoms with Crippen LogP contribution >= 0.6 is 35.3 Å². The molecule has 27 heavy (non-hydrogen) atoms. The molecule has 2 aromatic heterocycles. The maximum absolute atomic E-state index is 12.3. The Morgan fingerprint density at radius 1 is 1.41 bits per heavy atom. The number of hydrogen-bond acceptors (Lipinski definition) is 6. The number of anilines is 1. The number of pyridine rings is 1. The highest BCUT2D eigenvalue weighted by atomic mass is 32.2. The fraction of sp³-hybridized carbons (Fsp3) is 0.444. The summed E-state index contributed by atoms with van der Waals surface area (Å²) in [5.41, 5.74) is 1.19. The van der Waals surface area contributed by atoms with Crippen LogP contribution in [0.3, 0.4) is 0 Å². The van der Waals surface area contributed by atoms with Crippen molar-refractivity contribution in [1.82, 2.24) is 14.5 Å². The average Bonchev–Trinajstić information content (AvgIpc) is 3.15. The second kappa shape index (κ2) is 7.73. The van der Waals surface area contributed by atoms with Crippen LogP contribution in [-0.4, -0.2) is 43.0 Å². The van der Waals surface area contributed by atoms with E-state index in [-0.39, 0.29) is 16.7 Å².